The first-order valence-corrected chi connectivity index (χ1v) is 12.7. The minimum absolute atomic E-state index is 0.0451. The highest BCUT2D eigenvalue weighted by molar-refractivity contribution is 6.43. The van der Waals surface area contributed by atoms with E-state index in [1.807, 2.05) is 19.1 Å². The number of furan rings is 1. The molecule has 1 aromatic heterocycles. The number of carbonyl (C=O) groups is 2. The Labute approximate surface area is 202 Å². The van der Waals surface area contributed by atoms with Crippen molar-refractivity contribution >= 4 is 25.0 Å². The first-order valence-electron chi connectivity index (χ1n) is 12.7. The normalized spacial score (nSPS) is 27.5. The van der Waals surface area contributed by atoms with E-state index in [1.165, 1.54) is 16.0 Å². The summed E-state index contributed by atoms with van der Waals surface area (Å²) in [4.78, 5) is 27.8. The number of rotatable bonds is 9. The predicted molar refractivity (Wildman–Crippen MR) is 129 cm³/mol. The van der Waals surface area contributed by atoms with Crippen molar-refractivity contribution in [3.8, 4) is 0 Å². The SMILES string of the molecule is CCCN1C(=O)[C@@H]2[C@@H](CC(CC)=C3[C@@H](CC/C(=C/c4ccc(CO)o4)CC)OB(O)C[C@@H]32)C1=O. The highest BCUT2D eigenvalue weighted by atomic mass is 16.5. The molecular formula is C26H36BNO6. The molecule has 0 spiro atoms. The first-order chi connectivity index (χ1) is 16.4. The third-order valence-corrected chi connectivity index (χ3v) is 7.64. The maximum absolute atomic E-state index is 13.3. The number of fused-ring (bicyclic) bond motifs is 3. The second-order valence-corrected chi connectivity index (χ2v) is 9.66. The van der Waals surface area contributed by atoms with Gasteiger partial charge in [-0.3, -0.25) is 14.5 Å². The lowest BCUT2D eigenvalue weighted by Gasteiger charge is -2.43. The summed E-state index contributed by atoms with van der Waals surface area (Å²) in [5.74, 6) is 0.289. The number of allylic oxidation sites excluding steroid dienone is 2. The number of aliphatic hydroxyl groups is 1. The Morgan fingerprint density at radius 2 is 2.00 bits per heavy atom. The highest BCUT2D eigenvalue weighted by Gasteiger charge is 2.56. The molecule has 3 aliphatic rings. The standard InChI is InChI=1S/C26H36BNO6/c1-4-11-28-25(30)20-13-17(6-3)23-21(24(20)26(28)31)14-27(32)34-22(23)10-7-16(5-2)12-18-8-9-19(15-29)33-18/h8-9,12,20-22,24,29,32H,4-7,10-11,13-15H2,1-3H3/b16-12+/t20-,21+,22-,24-/m1/s1. The van der Waals surface area contributed by atoms with Crippen LogP contribution in [0.15, 0.2) is 33.3 Å². The van der Waals surface area contributed by atoms with Crippen LogP contribution in [0, 0.1) is 17.8 Å². The summed E-state index contributed by atoms with van der Waals surface area (Å²) in [5.41, 5.74) is 3.54. The lowest BCUT2D eigenvalue weighted by atomic mass is 9.58. The van der Waals surface area contributed by atoms with Gasteiger partial charge in [-0.25, -0.2) is 0 Å². The van der Waals surface area contributed by atoms with E-state index in [1.54, 1.807) is 6.07 Å². The summed E-state index contributed by atoms with van der Waals surface area (Å²) in [6, 6.07) is 3.62. The van der Waals surface area contributed by atoms with E-state index < -0.39 is 7.12 Å². The molecular weight excluding hydrogens is 433 g/mol. The fraction of sp³-hybridized carbons (Fsp3) is 0.615. The van der Waals surface area contributed by atoms with Crippen LogP contribution < -0.4 is 0 Å². The van der Waals surface area contributed by atoms with Gasteiger partial charge in [0.2, 0.25) is 11.8 Å². The van der Waals surface area contributed by atoms with Crippen molar-refractivity contribution in [3.63, 3.8) is 0 Å². The van der Waals surface area contributed by atoms with Gasteiger partial charge < -0.3 is 19.2 Å². The van der Waals surface area contributed by atoms with E-state index >= 15 is 0 Å². The Morgan fingerprint density at radius 1 is 1.21 bits per heavy atom. The fourth-order valence-corrected chi connectivity index (χ4v) is 6.04. The lowest BCUT2D eigenvalue weighted by Crippen LogP contribution is -2.46. The predicted octanol–water partition coefficient (Wildman–Crippen LogP) is 3.96. The minimum Gasteiger partial charge on any atom is -0.459 e. The van der Waals surface area contributed by atoms with E-state index in [0.717, 1.165) is 31.3 Å². The second kappa shape index (κ2) is 10.6. The van der Waals surface area contributed by atoms with Gasteiger partial charge in [-0.2, -0.15) is 0 Å². The average molecular weight is 469 g/mol. The molecule has 8 heteroatoms. The van der Waals surface area contributed by atoms with E-state index in [9.17, 15) is 19.7 Å². The molecule has 2 amide bonds. The van der Waals surface area contributed by atoms with Crippen molar-refractivity contribution in [1.29, 1.82) is 0 Å². The van der Waals surface area contributed by atoms with Crippen LogP contribution >= 0.6 is 0 Å². The van der Waals surface area contributed by atoms with Gasteiger partial charge in [-0.05, 0) is 74.5 Å². The molecule has 4 rings (SSSR count). The molecule has 2 N–H and O–H groups in total. The third kappa shape index (κ3) is 4.68. The van der Waals surface area contributed by atoms with Crippen LogP contribution in [-0.2, 0) is 20.9 Å². The highest BCUT2D eigenvalue weighted by Crippen LogP contribution is 2.51. The number of hydrogen-bond acceptors (Lipinski definition) is 6. The van der Waals surface area contributed by atoms with Crippen LogP contribution in [0.1, 0.15) is 70.8 Å². The Balaban J connectivity index is 1.57. The second-order valence-electron chi connectivity index (χ2n) is 9.66. The zero-order chi connectivity index (χ0) is 24.4. The van der Waals surface area contributed by atoms with Gasteiger partial charge in [0.15, 0.2) is 0 Å². The minimum atomic E-state index is -0.940. The van der Waals surface area contributed by atoms with Crippen LogP contribution in [0.25, 0.3) is 6.08 Å². The van der Waals surface area contributed by atoms with Gasteiger partial charge in [-0.15, -0.1) is 0 Å². The van der Waals surface area contributed by atoms with Gasteiger partial charge in [0.05, 0.1) is 17.9 Å². The van der Waals surface area contributed by atoms with Gasteiger partial charge in [0, 0.05) is 6.54 Å². The summed E-state index contributed by atoms with van der Waals surface area (Å²) in [6.45, 7) is 6.50. The molecule has 0 unspecified atom stereocenters. The summed E-state index contributed by atoms with van der Waals surface area (Å²) >= 11 is 0. The molecule has 0 radical (unpaired) electrons. The topological polar surface area (TPSA) is 100 Å². The fourth-order valence-electron chi connectivity index (χ4n) is 6.04. The molecule has 3 heterocycles. The molecule has 0 aromatic carbocycles. The van der Waals surface area contributed by atoms with Crippen LogP contribution in [0.3, 0.4) is 0 Å². The van der Waals surface area contributed by atoms with Crippen LogP contribution in [0.5, 0.6) is 0 Å². The van der Waals surface area contributed by atoms with Crippen molar-refractivity contribution < 1.29 is 28.8 Å². The quantitative estimate of drug-likeness (QED) is 0.323. The monoisotopic (exact) mass is 469 g/mol. The number of likely N-dealkylation sites (tertiary alicyclic amines) is 1. The number of amides is 2. The van der Waals surface area contributed by atoms with Crippen molar-refractivity contribution in [2.24, 2.45) is 17.8 Å². The lowest BCUT2D eigenvalue weighted by molar-refractivity contribution is -0.140. The first kappa shape index (κ1) is 25.0. The molecule has 7 nitrogen and oxygen atoms in total. The van der Waals surface area contributed by atoms with Gasteiger partial charge in [0.1, 0.15) is 18.1 Å². The molecule has 1 aromatic rings. The number of nitrogens with zero attached hydrogens (tertiary/aromatic N) is 1. The van der Waals surface area contributed by atoms with Crippen molar-refractivity contribution in [1.82, 2.24) is 4.90 Å². The van der Waals surface area contributed by atoms with Crippen LogP contribution in [-0.4, -0.2) is 46.6 Å². The molecule has 1 aliphatic carbocycles. The molecule has 34 heavy (non-hydrogen) atoms. The Bertz CT molecular complexity index is 982. The summed E-state index contributed by atoms with van der Waals surface area (Å²) in [7, 11) is -0.940. The summed E-state index contributed by atoms with van der Waals surface area (Å²) < 4.78 is 11.7. The molecule has 2 fully saturated rings. The number of aliphatic hydroxyl groups excluding tert-OH is 1. The van der Waals surface area contributed by atoms with Crippen LogP contribution in [0.4, 0.5) is 0 Å². The van der Waals surface area contributed by atoms with Gasteiger partial charge in [0.25, 0.3) is 0 Å². The van der Waals surface area contributed by atoms with Crippen LogP contribution in [0.2, 0.25) is 6.32 Å². The molecule has 0 saturated carbocycles. The van der Waals surface area contributed by atoms with Gasteiger partial charge >= 0.3 is 7.12 Å². The Morgan fingerprint density at radius 3 is 2.65 bits per heavy atom. The third-order valence-electron chi connectivity index (χ3n) is 7.64. The smallest absolute Gasteiger partial charge is 0.455 e. The van der Waals surface area contributed by atoms with E-state index in [2.05, 4.69) is 13.8 Å². The maximum atomic E-state index is 13.3. The molecule has 0 bridgehead atoms. The largest absolute Gasteiger partial charge is 0.459 e. The van der Waals surface area contributed by atoms with Crippen molar-refractivity contribution in [2.75, 3.05) is 6.54 Å². The average Bonchev–Trinajstić information content (AvgIpc) is 3.39. The summed E-state index contributed by atoms with van der Waals surface area (Å²) in [6.07, 6.45) is 6.57. The molecule has 184 valence electrons. The Hall–Kier alpha value is -2.16. The molecule has 4 atom stereocenters. The molecule has 2 aliphatic heterocycles. The van der Waals surface area contributed by atoms with Crippen molar-refractivity contribution in [2.45, 2.75) is 78.3 Å². The van der Waals surface area contributed by atoms with E-state index in [4.69, 9.17) is 9.07 Å². The zero-order valence-corrected chi connectivity index (χ0v) is 20.5. The van der Waals surface area contributed by atoms with E-state index in [-0.39, 0.29) is 42.3 Å². The Kier molecular flexibility index (Phi) is 7.80. The number of hydrogen-bond donors (Lipinski definition) is 2. The molecule has 2 saturated heterocycles. The number of imide groups is 1. The van der Waals surface area contributed by atoms with Gasteiger partial charge in [-0.1, -0.05) is 31.9 Å². The number of carbonyl (C=O) groups excluding carboxylic acids is 2. The van der Waals surface area contributed by atoms with Crippen molar-refractivity contribution in [3.05, 3.63) is 40.4 Å². The summed E-state index contributed by atoms with van der Waals surface area (Å²) in [5, 5.41) is 19.8. The zero-order valence-electron chi connectivity index (χ0n) is 20.5. The van der Waals surface area contributed by atoms with E-state index in [0.29, 0.717) is 37.2 Å². The maximum Gasteiger partial charge on any atom is 0.455 e.